The molecule has 2 rings (SSSR count). The van der Waals surface area contributed by atoms with E-state index in [0.29, 0.717) is 6.54 Å². The number of nitrogens with zero attached hydrogens (tertiary/aromatic N) is 1. The van der Waals surface area contributed by atoms with E-state index < -0.39 is 6.10 Å². The van der Waals surface area contributed by atoms with Gasteiger partial charge in [0.25, 0.3) is 0 Å². The lowest BCUT2D eigenvalue weighted by Crippen LogP contribution is -2.20. The predicted octanol–water partition coefficient (Wildman–Crippen LogP) is 0.947. The summed E-state index contributed by atoms with van der Waals surface area (Å²) in [5.41, 5.74) is 2.40. The van der Waals surface area contributed by atoms with Crippen molar-refractivity contribution >= 4 is 30.8 Å². The molecule has 0 aromatic carbocycles. The maximum atomic E-state index is 9.34. The maximum absolute atomic E-state index is 9.34. The van der Waals surface area contributed by atoms with Gasteiger partial charge in [0.2, 0.25) is 0 Å². The summed E-state index contributed by atoms with van der Waals surface area (Å²) < 4.78 is 6.45. The van der Waals surface area contributed by atoms with Crippen LogP contribution in [0.4, 0.5) is 0 Å². The van der Waals surface area contributed by atoms with Gasteiger partial charge in [0.15, 0.2) is 0 Å². The highest BCUT2D eigenvalue weighted by Gasteiger charge is 2.09. The quantitative estimate of drug-likeness (QED) is 0.817. The fourth-order valence-electron chi connectivity index (χ4n) is 1.41. The van der Waals surface area contributed by atoms with Gasteiger partial charge in [-0.15, -0.1) is 0 Å². The molecule has 0 aliphatic carbocycles. The normalized spacial score (nSPS) is 16.1. The molecule has 0 saturated heterocycles. The molecule has 1 aromatic rings. The average molecular weight is 305 g/mol. The van der Waals surface area contributed by atoms with Crippen LogP contribution in [0.2, 0.25) is 0 Å². The third-order valence-electron chi connectivity index (χ3n) is 2.14. The molecule has 4 heteroatoms. The van der Waals surface area contributed by atoms with Crippen molar-refractivity contribution in [2.24, 2.45) is 0 Å². The van der Waals surface area contributed by atoms with Gasteiger partial charge in [-0.3, -0.25) is 0 Å². The standard InChI is InChI=1S/C10H12INO2/c13-7-9(14)6-12-4-2-8-1-3-11-5-10(8)12/h1-5,9,13-14H,6-7H2. The summed E-state index contributed by atoms with van der Waals surface area (Å²) in [6.07, 6.45) is 3.42. The van der Waals surface area contributed by atoms with Crippen LogP contribution in [0.15, 0.2) is 16.3 Å². The molecule has 1 aromatic heterocycles. The summed E-state index contributed by atoms with van der Waals surface area (Å²) >= 11 is 0.0341. The van der Waals surface area contributed by atoms with Crippen LogP contribution in [0.1, 0.15) is 11.3 Å². The van der Waals surface area contributed by atoms with E-state index in [1.54, 1.807) is 0 Å². The highest BCUT2D eigenvalue weighted by atomic mass is 127. The second kappa shape index (κ2) is 4.37. The molecule has 0 radical (unpaired) electrons. The summed E-state index contributed by atoms with van der Waals surface area (Å²) in [6, 6.07) is 2.04. The summed E-state index contributed by atoms with van der Waals surface area (Å²) in [4.78, 5) is 0. The number of aromatic nitrogens is 1. The zero-order chi connectivity index (χ0) is 9.97. The fourth-order valence-corrected chi connectivity index (χ4v) is 3.27. The van der Waals surface area contributed by atoms with Crippen molar-refractivity contribution in [3.05, 3.63) is 27.6 Å². The zero-order valence-corrected chi connectivity index (χ0v) is 9.76. The van der Waals surface area contributed by atoms with Crippen molar-refractivity contribution in [1.29, 1.82) is 0 Å². The van der Waals surface area contributed by atoms with Crippen molar-refractivity contribution in [3.8, 4) is 0 Å². The molecule has 0 fully saturated rings. The van der Waals surface area contributed by atoms with E-state index >= 15 is 0 Å². The van der Waals surface area contributed by atoms with Crippen molar-refractivity contribution in [3.63, 3.8) is 0 Å². The Morgan fingerprint density at radius 1 is 1.50 bits per heavy atom. The molecule has 1 aliphatic heterocycles. The second-order valence-corrected chi connectivity index (χ2v) is 5.23. The first-order valence-electron chi connectivity index (χ1n) is 4.41. The second-order valence-electron chi connectivity index (χ2n) is 3.17. The summed E-state index contributed by atoms with van der Waals surface area (Å²) in [7, 11) is 0. The van der Waals surface area contributed by atoms with Gasteiger partial charge in [-0.05, 0) is 20.2 Å². The van der Waals surface area contributed by atoms with E-state index in [-0.39, 0.29) is 27.3 Å². The molecule has 1 aliphatic rings. The molecule has 1 unspecified atom stereocenters. The Balaban J connectivity index is 2.24. The van der Waals surface area contributed by atoms with Crippen molar-refractivity contribution in [1.82, 2.24) is 4.57 Å². The Morgan fingerprint density at radius 2 is 2.36 bits per heavy atom. The van der Waals surface area contributed by atoms with Crippen LogP contribution in [-0.4, -0.2) is 31.5 Å². The number of hydrogen-bond acceptors (Lipinski definition) is 2. The van der Waals surface area contributed by atoms with Crippen LogP contribution in [-0.2, 0) is 6.54 Å². The maximum Gasteiger partial charge on any atom is 0.0949 e. The minimum atomic E-state index is -0.663. The minimum Gasteiger partial charge on any atom is -0.394 e. The number of halogens is 1. The van der Waals surface area contributed by atoms with E-state index in [0.717, 1.165) is 0 Å². The van der Waals surface area contributed by atoms with E-state index in [2.05, 4.69) is 14.2 Å². The van der Waals surface area contributed by atoms with Gasteiger partial charge in [-0.2, -0.15) is 0 Å². The number of fused-ring (bicyclic) bond motifs is 1. The number of hydrogen-bond donors (Lipinski definition) is 2. The van der Waals surface area contributed by atoms with E-state index in [1.165, 1.54) is 11.3 Å². The SMILES string of the molecule is OCC(O)Cn1ccc2c1C=IC=C2. The third-order valence-corrected chi connectivity index (χ3v) is 3.86. The molecule has 3 nitrogen and oxygen atoms in total. The summed E-state index contributed by atoms with van der Waals surface area (Å²) in [6.45, 7) is 0.289. The zero-order valence-electron chi connectivity index (χ0n) is 7.60. The lowest BCUT2D eigenvalue weighted by Gasteiger charge is -2.11. The van der Waals surface area contributed by atoms with Crippen molar-refractivity contribution in [2.45, 2.75) is 12.6 Å². The van der Waals surface area contributed by atoms with Gasteiger partial charge < -0.3 is 14.8 Å². The van der Waals surface area contributed by atoms with E-state index in [1.807, 2.05) is 16.8 Å². The molecule has 1 atom stereocenters. The van der Waals surface area contributed by atoms with Crippen LogP contribution in [0.5, 0.6) is 0 Å². The fraction of sp³-hybridized carbons (Fsp3) is 0.300. The van der Waals surface area contributed by atoms with Crippen LogP contribution in [0.25, 0.3) is 6.08 Å². The topological polar surface area (TPSA) is 45.4 Å². The Labute approximate surface area is 92.4 Å². The first kappa shape index (κ1) is 10.1. The highest BCUT2D eigenvalue weighted by molar-refractivity contribution is 14.2. The van der Waals surface area contributed by atoms with Crippen LogP contribution in [0, 0.1) is 0 Å². The number of aliphatic hydroxyl groups excluding tert-OH is 2. The first-order chi connectivity index (χ1) is 6.81. The number of aliphatic hydroxyl groups is 2. The average Bonchev–Trinajstić information content (AvgIpc) is 2.62. The van der Waals surface area contributed by atoms with E-state index in [9.17, 15) is 5.11 Å². The minimum absolute atomic E-state index is 0.0341. The molecule has 0 spiro atoms. The molecular formula is C10H12INO2. The lowest BCUT2D eigenvalue weighted by molar-refractivity contribution is 0.0812. The first-order valence-corrected chi connectivity index (χ1v) is 6.90. The number of rotatable bonds is 3. The van der Waals surface area contributed by atoms with Crippen molar-refractivity contribution < 1.29 is 10.2 Å². The molecule has 0 saturated carbocycles. The van der Waals surface area contributed by atoms with Gasteiger partial charge in [0.1, 0.15) is 0 Å². The third kappa shape index (κ3) is 1.97. The Hall–Kier alpha value is -0.460. The van der Waals surface area contributed by atoms with Gasteiger partial charge in [0, 0.05) is 11.8 Å². The largest absolute Gasteiger partial charge is 0.394 e. The van der Waals surface area contributed by atoms with Crippen LogP contribution in [0.3, 0.4) is 0 Å². The Morgan fingerprint density at radius 3 is 3.14 bits per heavy atom. The Bertz CT molecular complexity index is 381. The van der Waals surface area contributed by atoms with Crippen LogP contribution >= 0.6 is 20.7 Å². The molecule has 2 N–H and O–H groups in total. The predicted molar refractivity (Wildman–Crippen MR) is 65.7 cm³/mol. The van der Waals surface area contributed by atoms with Crippen LogP contribution < -0.4 is 0 Å². The summed E-state index contributed by atoms with van der Waals surface area (Å²) in [5, 5.41) is 18.1. The molecular weight excluding hydrogens is 293 g/mol. The smallest absolute Gasteiger partial charge is 0.0949 e. The van der Waals surface area contributed by atoms with E-state index in [4.69, 9.17) is 5.11 Å². The monoisotopic (exact) mass is 305 g/mol. The van der Waals surface area contributed by atoms with Gasteiger partial charge in [0.05, 0.1) is 24.9 Å². The molecule has 0 amide bonds. The molecule has 76 valence electrons. The summed E-state index contributed by atoms with van der Waals surface area (Å²) in [5.74, 6) is 0. The van der Waals surface area contributed by atoms with Gasteiger partial charge in [-0.25, -0.2) is 0 Å². The highest BCUT2D eigenvalue weighted by Crippen LogP contribution is 2.20. The lowest BCUT2D eigenvalue weighted by atomic mass is 10.2. The molecule has 14 heavy (non-hydrogen) atoms. The Kier molecular flexibility index (Phi) is 3.15. The molecule has 0 bridgehead atoms. The van der Waals surface area contributed by atoms with Crippen molar-refractivity contribution in [2.75, 3.05) is 6.61 Å². The van der Waals surface area contributed by atoms with Gasteiger partial charge >= 0.3 is 0 Å². The molecule has 2 heterocycles. The van der Waals surface area contributed by atoms with Gasteiger partial charge in [-0.1, -0.05) is 20.7 Å².